The van der Waals surface area contributed by atoms with Gasteiger partial charge in [0.1, 0.15) is 0 Å². The molecule has 0 aliphatic carbocycles. The smallest absolute Gasteiger partial charge is 0.334 e. The zero-order valence-electron chi connectivity index (χ0n) is 10.6. The van der Waals surface area contributed by atoms with Crippen LogP contribution < -0.4 is 5.32 Å². The highest BCUT2D eigenvalue weighted by atomic mass is 79.9. The van der Waals surface area contributed by atoms with Gasteiger partial charge >= 0.3 is 12.0 Å². The van der Waals surface area contributed by atoms with Gasteiger partial charge in [0.15, 0.2) is 6.10 Å². The summed E-state index contributed by atoms with van der Waals surface area (Å²) in [7, 11) is 2.93. The van der Waals surface area contributed by atoms with Crippen molar-refractivity contribution >= 4 is 39.3 Å². The lowest BCUT2D eigenvalue weighted by atomic mass is 10.3. The molecule has 0 saturated carbocycles. The molecule has 0 saturated heterocycles. The fourth-order valence-electron chi connectivity index (χ4n) is 1.33. The quantitative estimate of drug-likeness (QED) is 0.819. The SMILES string of the molecule is COC(CNC(=O)N(C)Cc1cc(Br)cs1)C(=O)O. The summed E-state index contributed by atoms with van der Waals surface area (Å²) in [5.74, 6) is -1.10. The van der Waals surface area contributed by atoms with Gasteiger partial charge < -0.3 is 20.1 Å². The van der Waals surface area contributed by atoms with Crippen molar-refractivity contribution < 1.29 is 19.4 Å². The highest BCUT2D eigenvalue weighted by Crippen LogP contribution is 2.20. The molecule has 1 atom stereocenters. The van der Waals surface area contributed by atoms with E-state index < -0.39 is 12.1 Å². The molecule has 106 valence electrons. The lowest BCUT2D eigenvalue weighted by molar-refractivity contribution is -0.148. The number of rotatable bonds is 6. The van der Waals surface area contributed by atoms with Gasteiger partial charge in [0.25, 0.3) is 0 Å². The summed E-state index contributed by atoms with van der Waals surface area (Å²) in [5, 5.41) is 13.2. The fourth-order valence-corrected chi connectivity index (χ4v) is 2.83. The Kier molecular flexibility index (Phi) is 6.26. The molecule has 19 heavy (non-hydrogen) atoms. The Morgan fingerprint density at radius 2 is 2.32 bits per heavy atom. The monoisotopic (exact) mass is 350 g/mol. The van der Waals surface area contributed by atoms with Gasteiger partial charge in [-0.3, -0.25) is 0 Å². The Bertz CT molecular complexity index is 452. The number of amides is 2. The zero-order valence-corrected chi connectivity index (χ0v) is 13.0. The molecule has 2 N–H and O–H groups in total. The first-order chi connectivity index (χ1) is 8.93. The fraction of sp³-hybridized carbons (Fsp3) is 0.455. The number of urea groups is 1. The van der Waals surface area contributed by atoms with Gasteiger partial charge in [0.2, 0.25) is 0 Å². The van der Waals surface area contributed by atoms with E-state index in [-0.39, 0.29) is 12.6 Å². The molecule has 8 heteroatoms. The highest BCUT2D eigenvalue weighted by molar-refractivity contribution is 9.10. The maximum atomic E-state index is 11.8. The number of aliphatic carboxylic acids is 1. The minimum absolute atomic E-state index is 0.0663. The van der Waals surface area contributed by atoms with E-state index in [2.05, 4.69) is 21.2 Å². The summed E-state index contributed by atoms with van der Waals surface area (Å²) in [6.45, 7) is 0.399. The molecule has 0 aliphatic heterocycles. The molecule has 1 aromatic rings. The van der Waals surface area contributed by atoms with Crippen molar-refractivity contribution in [3.63, 3.8) is 0 Å². The first-order valence-corrected chi connectivity index (χ1v) is 7.08. The van der Waals surface area contributed by atoms with Crippen molar-refractivity contribution in [1.82, 2.24) is 10.2 Å². The van der Waals surface area contributed by atoms with Gasteiger partial charge in [-0.2, -0.15) is 0 Å². The molecule has 1 rings (SSSR count). The topological polar surface area (TPSA) is 78.9 Å². The molecule has 1 aromatic heterocycles. The van der Waals surface area contributed by atoms with Crippen LogP contribution in [0.2, 0.25) is 0 Å². The Labute approximate surface area is 123 Å². The number of nitrogens with zero attached hydrogens (tertiary/aromatic N) is 1. The largest absolute Gasteiger partial charge is 0.479 e. The molecule has 0 aliphatic rings. The van der Waals surface area contributed by atoms with Gasteiger partial charge in [0, 0.05) is 28.9 Å². The average molecular weight is 351 g/mol. The Balaban J connectivity index is 2.42. The van der Waals surface area contributed by atoms with Crippen molar-refractivity contribution in [3.8, 4) is 0 Å². The number of nitrogens with one attached hydrogen (secondary N) is 1. The van der Waals surface area contributed by atoms with E-state index in [1.807, 2.05) is 11.4 Å². The first kappa shape index (κ1) is 15.9. The highest BCUT2D eigenvalue weighted by Gasteiger charge is 2.18. The van der Waals surface area contributed by atoms with Gasteiger partial charge in [-0.1, -0.05) is 0 Å². The van der Waals surface area contributed by atoms with Gasteiger partial charge in [0.05, 0.1) is 13.1 Å². The second kappa shape index (κ2) is 7.46. The summed E-state index contributed by atoms with van der Waals surface area (Å²) in [4.78, 5) is 25.0. The number of hydrogen-bond acceptors (Lipinski definition) is 4. The van der Waals surface area contributed by atoms with E-state index in [4.69, 9.17) is 9.84 Å². The summed E-state index contributed by atoms with van der Waals surface area (Å²) >= 11 is 4.89. The lowest BCUT2D eigenvalue weighted by Crippen LogP contribution is -2.43. The van der Waals surface area contributed by atoms with E-state index in [9.17, 15) is 9.59 Å². The van der Waals surface area contributed by atoms with Crippen molar-refractivity contribution in [3.05, 3.63) is 20.8 Å². The van der Waals surface area contributed by atoms with Gasteiger partial charge in [-0.15, -0.1) is 11.3 Å². The van der Waals surface area contributed by atoms with Crippen LogP contribution in [0.3, 0.4) is 0 Å². The molecule has 0 bridgehead atoms. The molecular formula is C11H15BrN2O4S. The van der Waals surface area contributed by atoms with Crippen LogP contribution in [-0.4, -0.2) is 48.8 Å². The number of ether oxygens (including phenoxy) is 1. The summed E-state index contributed by atoms with van der Waals surface area (Å²) < 4.78 is 5.70. The van der Waals surface area contributed by atoms with Crippen LogP contribution in [0.25, 0.3) is 0 Å². The number of carboxylic acids is 1. The maximum Gasteiger partial charge on any atom is 0.334 e. The van der Waals surface area contributed by atoms with Gasteiger partial charge in [-0.05, 0) is 22.0 Å². The second-order valence-electron chi connectivity index (χ2n) is 3.84. The van der Waals surface area contributed by atoms with Crippen LogP contribution in [0.4, 0.5) is 4.79 Å². The van der Waals surface area contributed by atoms with Crippen molar-refractivity contribution in [2.45, 2.75) is 12.6 Å². The zero-order chi connectivity index (χ0) is 14.4. The number of carbonyl (C=O) groups excluding carboxylic acids is 1. The van der Waals surface area contributed by atoms with E-state index >= 15 is 0 Å². The summed E-state index contributed by atoms with van der Waals surface area (Å²) in [6, 6.07) is 1.59. The van der Waals surface area contributed by atoms with E-state index in [1.165, 1.54) is 12.0 Å². The molecule has 1 unspecified atom stereocenters. The molecule has 0 fully saturated rings. The molecular weight excluding hydrogens is 336 g/mol. The molecule has 1 heterocycles. The molecule has 2 amide bonds. The third kappa shape index (κ3) is 5.17. The van der Waals surface area contributed by atoms with Crippen LogP contribution in [-0.2, 0) is 16.1 Å². The number of carbonyl (C=O) groups is 2. The predicted octanol–water partition coefficient (Wildman–Crippen LogP) is 1.75. The number of carboxylic acid groups (broad SMARTS) is 1. The Hall–Kier alpha value is -1.12. The average Bonchev–Trinajstić information content (AvgIpc) is 2.74. The minimum atomic E-state index is -1.10. The molecule has 0 spiro atoms. The number of methoxy groups -OCH3 is 1. The number of hydrogen-bond donors (Lipinski definition) is 2. The summed E-state index contributed by atoms with van der Waals surface area (Å²) in [5.41, 5.74) is 0. The van der Waals surface area contributed by atoms with Crippen molar-refractivity contribution in [1.29, 1.82) is 0 Å². The summed E-state index contributed by atoms with van der Waals surface area (Å²) in [6.07, 6.45) is -1.03. The lowest BCUT2D eigenvalue weighted by Gasteiger charge is -2.18. The first-order valence-electron chi connectivity index (χ1n) is 5.41. The van der Waals surface area contributed by atoms with E-state index in [0.29, 0.717) is 6.54 Å². The molecule has 0 aromatic carbocycles. The van der Waals surface area contributed by atoms with Crippen LogP contribution >= 0.6 is 27.3 Å². The van der Waals surface area contributed by atoms with Crippen LogP contribution in [0.15, 0.2) is 15.9 Å². The molecule has 0 radical (unpaired) electrons. The standard InChI is InChI=1S/C11H15BrN2O4S/c1-14(5-8-3-7(12)6-19-8)11(17)13-4-9(18-2)10(15)16/h3,6,9H,4-5H2,1-2H3,(H,13,17)(H,15,16). The third-order valence-electron chi connectivity index (χ3n) is 2.36. The number of thiophene rings is 1. The van der Waals surface area contributed by atoms with Crippen molar-refractivity contribution in [2.75, 3.05) is 20.7 Å². The normalized spacial score (nSPS) is 11.9. The third-order valence-corrected chi connectivity index (χ3v) is 4.04. The number of halogens is 1. The predicted molar refractivity (Wildman–Crippen MR) is 75.3 cm³/mol. The second-order valence-corrected chi connectivity index (χ2v) is 5.75. The Morgan fingerprint density at radius 1 is 1.63 bits per heavy atom. The maximum absolute atomic E-state index is 11.8. The van der Waals surface area contributed by atoms with E-state index in [0.717, 1.165) is 9.35 Å². The van der Waals surface area contributed by atoms with Crippen LogP contribution in [0.1, 0.15) is 4.88 Å². The van der Waals surface area contributed by atoms with Crippen LogP contribution in [0.5, 0.6) is 0 Å². The minimum Gasteiger partial charge on any atom is -0.479 e. The Morgan fingerprint density at radius 3 is 2.79 bits per heavy atom. The molecule has 6 nitrogen and oxygen atoms in total. The van der Waals surface area contributed by atoms with Crippen LogP contribution in [0, 0.1) is 0 Å². The van der Waals surface area contributed by atoms with E-state index in [1.54, 1.807) is 18.4 Å². The van der Waals surface area contributed by atoms with Crippen molar-refractivity contribution in [2.24, 2.45) is 0 Å². The van der Waals surface area contributed by atoms with Gasteiger partial charge in [-0.25, -0.2) is 9.59 Å².